The van der Waals surface area contributed by atoms with E-state index in [4.69, 9.17) is 14.2 Å². The Morgan fingerprint density at radius 3 is 2.22 bits per heavy atom. The lowest BCUT2D eigenvalue weighted by molar-refractivity contribution is -0.462. The number of rotatable bonds is 2. The highest BCUT2D eigenvalue weighted by atomic mass is 16.8. The van der Waals surface area contributed by atoms with Crippen molar-refractivity contribution in [1.82, 2.24) is 10.6 Å². The lowest BCUT2D eigenvalue weighted by Crippen LogP contribution is -2.78. The maximum atomic E-state index is 10.7. The summed E-state index contributed by atoms with van der Waals surface area (Å²) in [5.41, 5.74) is 0. The van der Waals surface area contributed by atoms with Crippen molar-refractivity contribution in [3.8, 4) is 0 Å². The smallest absolute Gasteiger partial charge is 0.245 e. The molecule has 9 heteroatoms. The average molecular weight is 334 g/mol. The summed E-state index contributed by atoms with van der Waals surface area (Å²) in [6.45, 7) is 1.76. The normalized spacial score (nSPS) is 56.7. The van der Waals surface area contributed by atoms with E-state index in [0.717, 1.165) is 0 Å². The van der Waals surface area contributed by atoms with Crippen LogP contribution in [0.2, 0.25) is 0 Å². The highest BCUT2D eigenvalue weighted by Gasteiger charge is 2.63. The van der Waals surface area contributed by atoms with Crippen LogP contribution in [0.5, 0.6) is 0 Å². The Kier molecular flexibility index (Phi) is 4.69. The van der Waals surface area contributed by atoms with E-state index in [1.54, 1.807) is 21.0 Å². The van der Waals surface area contributed by atoms with Crippen LogP contribution in [-0.2, 0) is 14.2 Å². The van der Waals surface area contributed by atoms with Gasteiger partial charge in [0.25, 0.3) is 0 Å². The van der Waals surface area contributed by atoms with E-state index in [0.29, 0.717) is 0 Å². The quantitative estimate of drug-likeness (QED) is 0.310. The van der Waals surface area contributed by atoms with E-state index in [1.165, 1.54) is 0 Å². The van der Waals surface area contributed by atoms with Crippen molar-refractivity contribution in [2.24, 2.45) is 0 Å². The van der Waals surface area contributed by atoms with Gasteiger partial charge in [0.1, 0.15) is 24.4 Å². The van der Waals surface area contributed by atoms with Gasteiger partial charge in [-0.25, -0.2) is 0 Å². The van der Waals surface area contributed by atoms with Gasteiger partial charge in [0.2, 0.25) is 12.1 Å². The fourth-order valence-electron chi connectivity index (χ4n) is 3.83. The summed E-state index contributed by atoms with van der Waals surface area (Å²) in [4.78, 5) is 0. The maximum Gasteiger partial charge on any atom is 0.245 e. The Labute approximate surface area is 134 Å². The van der Waals surface area contributed by atoms with Crippen LogP contribution in [0.3, 0.4) is 0 Å². The average Bonchev–Trinajstić information content (AvgIpc) is 2.49. The van der Waals surface area contributed by atoms with E-state index in [9.17, 15) is 20.4 Å². The third-order valence-electron chi connectivity index (χ3n) is 5.12. The minimum Gasteiger partial charge on any atom is -0.390 e. The Bertz CT molecular complexity index is 441. The van der Waals surface area contributed by atoms with Gasteiger partial charge in [0.15, 0.2) is 0 Å². The molecule has 6 N–H and O–H groups in total. The number of hydrogen-bond acceptors (Lipinski definition) is 9. The van der Waals surface area contributed by atoms with Crippen molar-refractivity contribution >= 4 is 0 Å². The van der Waals surface area contributed by atoms with Crippen molar-refractivity contribution in [3.05, 3.63) is 0 Å². The molecule has 23 heavy (non-hydrogen) atoms. The van der Waals surface area contributed by atoms with Crippen LogP contribution in [0, 0.1) is 0 Å². The van der Waals surface area contributed by atoms with Crippen molar-refractivity contribution in [2.45, 2.75) is 74.1 Å². The molecule has 9 nitrogen and oxygen atoms in total. The van der Waals surface area contributed by atoms with Gasteiger partial charge in [-0.15, -0.1) is 0 Å². The second-order valence-electron chi connectivity index (χ2n) is 6.58. The van der Waals surface area contributed by atoms with Crippen LogP contribution in [0.25, 0.3) is 0 Å². The topological polar surface area (TPSA) is 133 Å². The second kappa shape index (κ2) is 6.17. The van der Waals surface area contributed by atoms with Crippen LogP contribution >= 0.6 is 0 Å². The number of ether oxygens (including phenoxy) is 3. The molecular formula is C14H26N2O7. The summed E-state index contributed by atoms with van der Waals surface area (Å²) < 4.78 is 17.0. The van der Waals surface area contributed by atoms with Gasteiger partial charge in [-0.05, 0) is 21.0 Å². The Hall–Kier alpha value is -0.360. The van der Waals surface area contributed by atoms with E-state index < -0.39 is 54.7 Å². The summed E-state index contributed by atoms with van der Waals surface area (Å²) in [6.07, 6.45) is -6.21. The van der Waals surface area contributed by atoms with Crippen LogP contribution in [-0.4, -0.2) is 95.3 Å². The summed E-state index contributed by atoms with van der Waals surface area (Å²) in [7, 11) is 3.28. The molecule has 3 aliphatic rings. The molecule has 0 spiro atoms. The molecule has 0 aromatic carbocycles. The zero-order chi connectivity index (χ0) is 16.9. The van der Waals surface area contributed by atoms with Gasteiger partial charge in [-0.2, -0.15) is 0 Å². The molecule has 2 saturated heterocycles. The standard InChI is InChI=1S/C14H26N2O7/c1-5-4-6(17)14(20)13(21-5)22-12-10(19)7(15-2)9(18)8(16-3)11(12)23-14/h5-13,15-20H,4H2,1-3H3/t5-,6?,7-,8+,9+,10+,11-,12-,13?,14+/m1/s1. The monoisotopic (exact) mass is 334 g/mol. The van der Waals surface area contributed by atoms with Gasteiger partial charge in [-0.3, -0.25) is 0 Å². The van der Waals surface area contributed by atoms with Crippen LogP contribution < -0.4 is 10.6 Å². The first-order chi connectivity index (χ1) is 10.8. The SMILES string of the molecule is CN[C@@H]1[C@H](O)[C@H](NC)[C@H]2O[C@@]3(O)C(O)C[C@@H](C)OC3O[C@@H]2[C@H]1O. The molecule has 2 aliphatic heterocycles. The van der Waals surface area contributed by atoms with Crippen LogP contribution in [0.1, 0.15) is 13.3 Å². The number of aliphatic hydroxyl groups excluding tert-OH is 3. The zero-order valence-electron chi connectivity index (χ0n) is 13.4. The molecule has 0 amide bonds. The highest BCUT2D eigenvalue weighted by Crippen LogP contribution is 2.41. The molecular weight excluding hydrogens is 308 g/mol. The van der Waals surface area contributed by atoms with Crippen molar-refractivity contribution in [2.75, 3.05) is 14.1 Å². The fraction of sp³-hybridized carbons (Fsp3) is 1.00. The van der Waals surface area contributed by atoms with Crippen LogP contribution in [0.4, 0.5) is 0 Å². The number of hydrogen-bond donors (Lipinski definition) is 6. The van der Waals surface area contributed by atoms with Crippen molar-refractivity contribution < 1.29 is 34.6 Å². The summed E-state index contributed by atoms with van der Waals surface area (Å²) in [5, 5.41) is 47.7. The lowest BCUT2D eigenvalue weighted by Gasteiger charge is -2.57. The predicted molar refractivity (Wildman–Crippen MR) is 77.4 cm³/mol. The van der Waals surface area contributed by atoms with E-state index in [2.05, 4.69) is 10.6 Å². The van der Waals surface area contributed by atoms with Crippen molar-refractivity contribution in [1.29, 1.82) is 0 Å². The Morgan fingerprint density at radius 2 is 1.61 bits per heavy atom. The predicted octanol–water partition coefficient (Wildman–Crippen LogP) is -3.13. The molecule has 3 rings (SSSR count). The van der Waals surface area contributed by atoms with E-state index in [-0.39, 0.29) is 12.5 Å². The molecule has 2 unspecified atom stereocenters. The van der Waals surface area contributed by atoms with Gasteiger partial charge >= 0.3 is 0 Å². The third-order valence-corrected chi connectivity index (χ3v) is 5.12. The summed E-state index contributed by atoms with van der Waals surface area (Å²) in [6, 6.07) is -1.23. The summed E-state index contributed by atoms with van der Waals surface area (Å²) in [5.74, 6) is -2.03. The van der Waals surface area contributed by atoms with Crippen LogP contribution in [0.15, 0.2) is 0 Å². The molecule has 0 aromatic rings. The minimum atomic E-state index is -2.03. The van der Waals surface area contributed by atoms with Crippen molar-refractivity contribution in [3.63, 3.8) is 0 Å². The number of likely N-dealkylation sites (N-methyl/N-ethyl adjacent to an activating group) is 2. The minimum absolute atomic E-state index is 0.197. The first-order valence-electron chi connectivity index (χ1n) is 7.93. The molecule has 0 radical (unpaired) electrons. The number of aliphatic hydroxyl groups is 4. The first-order valence-corrected chi connectivity index (χ1v) is 7.93. The molecule has 0 aromatic heterocycles. The molecule has 2 heterocycles. The molecule has 1 saturated carbocycles. The summed E-state index contributed by atoms with van der Waals surface area (Å²) >= 11 is 0. The second-order valence-corrected chi connectivity index (χ2v) is 6.58. The zero-order valence-corrected chi connectivity index (χ0v) is 13.4. The highest BCUT2D eigenvalue weighted by molar-refractivity contribution is 5.09. The largest absolute Gasteiger partial charge is 0.390 e. The maximum absolute atomic E-state index is 10.7. The fourth-order valence-corrected chi connectivity index (χ4v) is 3.83. The number of nitrogens with one attached hydrogen (secondary N) is 2. The van der Waals surface area contributed by atoms with Gasteiger partial charge in [0, 0.05) is 6.42 Å². The lowest BCUT2D eigenvalue weighted by atomic mass is 9.80. The van der Waals surface area contributed by atoms with Gasteiger partial charge in [0.05, 0.1) is 24.3 Å². The van der Waals surface area contributed by atoms with Gasteiger partial charge < -0.3 is 45.3 Å². The molecule has 3 fully saturated rings. The first kappa shape index (κ1) is 17.5. The number of fused-ring (bicyclic) bond motifs is 2. The van der Waals surface area contributed by atoms with E-state index >= 15 is 0 Å². The molecule has 134 valence electrons. The third kappa shape index (κ3) is 2.60. The Balaban J connectivity index is 1.91. The molecule has 1 aliphatic carbocycles. The Morgan fingerprint density at radius 1 is 0.957 bits per heavy atom. The molecule has 10 atom stereocenters. The molecule has 0 bridgehead atoms. The van der Waals surface area contributed by atoms with E-state index in [1.807, 2.05) is 0 Å². The van der Waals surface area contributed by atoms with Gasteiger partial charge in [-0.1, -0.05) is 0 Å².